The Kier molecular flexibility index (Phi) is 9.10. The molecule has 10 heteroatoms. The van der Waals surface area contributed by atoms with Crippen molar-refractivity contribution in [1.29, 1.82) is 0 Å². The van der Waals surface area contributed by atoms with Gasteiger partial charge in [-0.1, -0.05) is 36.8 Å². The molecule has 0 saturated heterocycles. The molecule has 10 nitrogen and oxygen atoms in total. The van der Waals surface area contributed by atoms with Crippen molar-refractivity contribution in [1.82, 2.24) is 14.9 Å². The first kappa shape index (κ1) is 32.6. The molecule has 248 valence electrons. The number of amides is 2. The van der Waals surface area contributed by atoms with Crippen molar-refractivity contribution in [2.24, 2.45) is 7.05 Å². The van der Waals surface area contributed by atoms with Gasteiger partial charge in [0.1, 0.15) is 17.0 Å². The van der Waals surface area contributed by atoms with Crippen molar-refractivity contribution in [3.05, 3.63) is 112 Å². The molecule has 0 aliphatic heterocycles. The average molecular weight is 648 g/mol. The molecule has 0 radical (unpaired) electrons. The van der Waals surface area contributed by atoms with Crippen molar-refractivity contribution in [3.8, 4) is 16.9 Å². The van der Waals surface area contributed by atoms with E-state index in [1.807, 2.05) is 18.2 Å². The van der Waals surface area contributed by atoms with Crippen molar-refractivity contribution in [3.63, 3.8) is 0 Å². The number of hydrogen-bond donors (Lipinski definition) is 5. The normalized spacial score (nSPS) is 13.8. The number of nitrogen functional groups attached to an aromatic ring is 1. The number of ether oxygens (including phenoxy) is 1. The molecule has 2 aromatic heterocycles. The topological polar surface area (TPSA) is 151 Å². The molecule has 0 bridgehead atoms. The minimum absolute atomic E-state index is 0.0900. The van der Waals surface area contributed by atoms with Crippen LogP contribution in [0, 0.1) is 0 Å². The highest BCUT2D eigenvalue weighted by Crippen LogP contribution is 2.39. The molecule has 0 atom stereocenters. The van der Waals surface area contributed by atoms with E-state index in [-0.39, 0.29) is 35.7 Å². The number of nitrogens with one attached hydrogen (secondary N) is 3. The Hall–Kier alpha value is -5.35. The Morgan fingerprint density at radius 3 is 2.42 bits per heavy atom. The van der Waals surface area contributed by atoms with Gasteiger partial charge in [-0.15, -0.1) is 0 Å². The first-order valence-electron chi connectivity index (χ1n) is 16.3. The quantitative estimate of drug-likeness (QED) is 0.120. The smallest absolute Gasteiger partial charge is 0.274 e. The number of aryl methyl sites for hydroxylation is 1. The summed E-state index contributed by atoms with van der Waals surface area (Å²) in [5, 5.41) is 17.1. The number of aromatic nitrogens is 2. The molecule has 5 aromatic rings. The molecule has 0 unspecified atom stereocenters. The summed E-state index contributed by atoms with van der Waals surface area (Å²) in [4.78, 5) is 42.4. The summed E-state index contributed by atoms with van der Waals surface area (Å²) in [7, 11) is 1.67. The number of carbonyl (C=O) groups is 2. The second-order valence-electron chi connectivity index (χ2n) is 13.0. The molecule has 2 amide bonds. The summed E-state index contributed by atoms with van der Waals surface area (Å²) in [6.45, 7) is 3.66. The van der Waals surface area contributed by atoms with Crippen LogP contribution in [0.3, 0.4) is 0 Å². The van der Waals surface area contributed by atoms with Crippen LogP contribution in [-0.4, -0.2) is 32.6 Å². The zero-order valence-corrected chi connectivity index (χ0v) is 27.4. The SMILES string of the molecule is Cn1cc(-c2cc(C(C)(C)O)ccc2OC2CCCCC2)c2cc(C(=O)NCc3ccc(C(=O)Nc4ccccc4N)cc3)[nH]c2c1=O. The maximum absolute atomic E-state index is 13.4. The molecule has 3 aromatic carbocycles. The van der Waals surface area contributed by atoms with Gasteiger partial charge in [0.2, 0.25) is 0 Å². The molecule has 1 fully saturated rings. The summed E-state index contributed by atoms with van der Waals surface area (Å²) < 4.78 is 8.03. The second kappa shape index (κ2) is 13.4. The first-order valence-corrected chi connectivity index (χ1v) is 16.3. The average Bonchev–Trinajstić information content (AvgIpc) is 3.53. The Morgan fingerprint density at radius 2 is 1.71 bits per heavy atom. The van der Waals surface area contributed by atoms with E-state index in [0.29, 0.717) is 44.7 Å². The van der Waals surface area contributed by atoms with E-state index >= 15 is 0 Å². The minimum atomic E-state index is -1.10. The number of aliphatic hydroxyl groups is 1. The predicted molar refractivity (Wildman–Crippen MR) is 188 cm³/mol. The highest BCUT2D eigenvalue weighted by atomic mass is 16.5. The van der Waals surface area contributed by atoms with Crippen LogP contribution in [0.2, 0.25) is 0 Å². The lowest BCUT2D eigenvalue weighted by Gasteiger charge is -2.26. The second-order valence-corrected chi connectivity index (χ2v) is 13.0. The number of carbonyl (C=O) groups excluding carboxylic acids is 2. The molecular formula is C38H41N5O5. The van der Waals surface area contributed by atoms with Gasteiger partial charge in [-0.2, -0.15) is 0 Å². The fourth-order valence-electron chi connectivity index (χ4n) is 6.11. The van der Waals surface area contributed by atoms with Crippen LogP contribution in [0.4, 0.5) is 11.4 Å². The van der Waals surface area contributed by atoms with Gasteiger partial charge < -0.3 is 35.8 Å². The van der Waals surface area contributed by atoms with Crippen LogP contribution in [-0.2, 0) is 19.2 Å². The van der Waals surface area contributed by atoms with Gasteiger partial charge in [-0.3, -0.25) is 14.4 Å². The number of nitrogens with two attached hydrogens (primary N) is 1. The van der Waals surface area contributed by atoms with Gasteiger partial charge in [-0.25, -0.2) is 0 Å². The van der Waals surface area contributed by atoms with Gasteiger partial charge in [0.25, 0.3) is 17.4 Å². The number of rotatable bonds is 9. The van der Waals surface area contributed by atoms with Crippen molar-refractivity contribution >= 4 is 34.1 Å². The van der Waals surface area contributed by atoms with Gasteiger partial charge in [0.05, 0.1) is 23.1 Å². The number of benzene rings is 3. The number of nitrogens with zero attached hydrogens (tertiary/aromatic N) is 1. The number of anilines is 2. The van der Waals surface area contributed by atoms with Gasteiger partial charge in [0.15, 0.2) is 0 Å². The summed E-state index contributed by atoms with van der Waals surface area (Å²) in [5.74, 6) is -0.00440. The Labute approximate surface area is 278 Å². The Morgan fingerprint density at radius 1 is 0.979 bits per heavy atom. The molecule has 0 spiro atoms. The lowest BCUT2D eigenvalue weighted by atomic mass is 9.92. The number of fused-ring (bicyclic) bond motifs is 1. The minimum Gasteiger partial charge on any atom is -0.490 e. The van der Waals surface area contributed by atoms with E-state index in [1.54, 1.807) is 81.7 Å². The summed E-state index contributed by atoms with van der Waals surface area (Å²) in [6.07, 6.45) is 7.23. The first-order chi connectivity index (χ1) is 23.0. The van der Waals surface area contributed by atoms with Crippen LogP contribution >= 0.6 is 0 Å². The lowest BCUT2D eigenvalue weighted by molar-refractivity contribution is 0.0784. The van der Waals surface area contributed by atoms with Crippen LogP contribution in [0.5, 0.6) is 5.75 Å². The molecule has 1 saturated carbocycles. The van der Waals surface area contributed by atoms with Crippen LogP contribution in [0.25, 0.3) is 22.0 Å². The fourth-order valence-corrected chi connectivity index (χ4v) is 6.11. The Bertz CT molecular complexity index is 2030. The van der Waals surface area contributed by atoms with Gasteiger partial charge in [-0.05, 0) is 93.1 Å². The maximum atomic E-state index is 13.4. The number of hydrogen-bond acceptors (Lipinski definition) is 6. The molecule has 2 heterocycles. The van der Waals surface area contributed by atoms with E-state index in [2.05, 4.69) is 15.6 Å². The fraction of sp³-hybridized carbons (Fsp3) is 0.289. The predicted octanol–water partition coefficient (Wildman–Crippen LogP) is 6.24. The lowest BCUT2D eigenvalue weighted by Crippen LogP contribution is -2.23. The monoisotopic (exact) mass is 647 g/mol. The van der Waals surface area contributed by atoms with E-state index in [0.717, 1.165) is 36.8 Å². The molecule has 6 N–H and O–H groups in total. The third-order valence-corrected chi connectivity index (χ3v) is 8.91. The number of pyridine rings is 1. The van der Waals surface area contributed by atoms with Crippen LogP contribution in [0.15, 0.2) is 83.8 Å². The van der Waals surface area contributed by atoms with E-state index in [9.17, 15) is 19.5 Å². The Balaban J connectivity index is 1.25. The summed E-state index contributed by atoms with van der Waals surface area (Å²) in [6, 6.07) is 21.3. The van der Waals surface area contributed by atoms with E-state index in [4.69, 9.17) is 10.5 Å². The zero-order valence-electron chi connectivity index (χ0n) is 27.4. The standard InChI is InChI=1S/C38H41N5O5/c1-38(2,47)25-17-18-33(48-26-9-5-4-6-10-26)27(19-25)29-22-43(3)37(46)34-28(29)20-32(41-34)36(45)40-21-23-13-15-24(16-14-23)35(44)42-31-12-8-7-11-30(31)39/h7-8,11-20,22,26,41,47H,4-6,9-10,21,39H2,1-3H3,(H,40,45)(H,42,44). The van der Waals surface area contributed by atoms with E-state index < -0.39 is 5.60 Å². The maximum Gasteiger partial charge on any atom is 0.274 e. The third-order valence-electron chi connectivity index (χ3n) is 8.91. The third kappa shape index (κ3) is 6.99. The number of aromatic amines is 1. The molecule has 48 heavy (non-hydrogen) atoms. The molecule has 1 aliphatic carbocycles. The number of H-pyrrole nitrogens is 1. The summed E-state index contributed by atoms with van der Waals surface area (Å²) >= 11 is 0. The van der Waals surface area contributed by atoms with Crippen molar-refractivity contribution in [2.75, 3.05) is 11.1 Å². The summed E-state index contributed by atoms with van der Waals surface area (Å²) in [5.41, 5.74) is 9.51. The van der Waals surface area contributed by atoms with Crippen LogP contribution in [0.1, 0.15) is 77.9 Å². The van der Waals surface area contributed by atoms with Crippen molar-refractivity contribution in [2.45, 2.75) is 64.2 Å². The molecule has 6 rings (SSSR count). The van der Waals surface area contributed by atoms with Crippen LogP contribution < -0.4 is 26.7 Å². The molecule has 1 aliphatic rings. The molecular weight excluding hydrogens is 606 g/mol. The van der Waals surface area contributed by atoms with E-state index in [1.165, 1.54) is 11.0 Å². The van der Waals surface area contributed by atoms with Gasteiger partial charge in [0, 0.05) is 41.9 Å². The van der Waals surface area contributed by atoms with Gasteiger partial charge >= 0.3 is 0 Å². The van der Waals surface area contributed by atoms with Crippen molar-refractivity contribution < 1.29 is 19.4 Å². The zero-order chi connectivity index (χ0) is 34.0. The highest BCUT2D eigenvalue weighted by molar-refractivity contribution is 6.06. The number of para-hydroxylation sites is 2. The highest BCUT2D eigenvalue weighted by Gasteiger charge is 2.24. The largest absolute Gasteiger partial charge is 0.490 e.